The average Bonchev–Trinajstić information content (AvgIpc) is 2.55. The number of para-hydroxylation sites is 1. The van der Waals surface area contributed by atoms with Gasteiger partial charge in [-0.25, -0.2) is 0 Å². The van der Waals surface area contributed by atoms with Gasteiger partial charge in [0.25, 0.3) is 5.91 Å². The van der Waals surface area contributed by atoms with Gasteiger partial charge in [0.05, 0.1) is 18.4 Å². The lowest BCUT2D eigenvalue weighted by atomic mass is 10.1. The number of rotatable bonds is 6. The van der Waals surface area contributed by atoms with Crippen molar-refractivity contribution in [3.63, 3.8) is 0 Å². The normalized spacial score (nSPS) is 10.0. The summed E-state index contributed by atoms with van der Waals surface area (Å²) in [5.41, 5.74) is 1.39. The highest BCUT2D eigenvalue weighted by Gasteiger charge is 2.13. The van der Waals surface area contributed by atoms with Crippen molar-refractivity contribution < 1.29 is 19.1 Å². The number of anilines is 2. The highest BCUT2D eigenvalue weighted by atomic mass is 16.5. The van der Waals surface area contributed by atoms with E-state index < -0.39 is 0 Å². The first-order chi connectivity index (χ1) is 11.1. The minimum absolute atomic E-state index is 0.0775. The van der Waals surface area contributed by atoms with Gasteiger partial charge in [0.1, 0.15) is 12.4 Å². The molecule has 0 atom stereocenters. The predicted molar refractivity (Wildman–Crippen MR) is 87.9 cm³/mol. The van der Waals surface area contributed by atoms with E-state index >= 15 is 0 Å². The molecular weight excluding hydrogens is 296 g/mol. The van der Waals surface area contributed by atoms with Gasteiger partial charge < -0.3 is 20.1 Å². The van der Waals surface area contributed by atoms with E-state index in [4.69, 9.17) is 9.47 Å². The number of hydrogen-bond acceptors (Lipinski definition) is 4. The van der Waals surface area contributed by atoms with Crippen LogP contribution in [0.4, 0.5) is 11.4 Å². The molecule has 0 saturated heterocycles. The quantitative estimate of drug-likeness (QED) is 0.859. The van der Waals surface area contributed by atoms with Crippen LogP contribution < -0.4 is 15.4 Å². The van der Waals surface area contributed by atoms with E-state index in [0.29, 0.717) is 22.7 Å². The number of ether oxygens (including phenoxy) is 2. The molecule has 0 unspecified atom stereocenters. The highest BCUT2D eigenvalue weighted by molar-refractivity contribution is 6.10. The first-order valence-corrected chi connectivity index (χ1v) is 6.97. The maximum atomic E-state index is 12.4. The lowest BCUT2D eigenvalue weighted by Crippen LogP contribution is -2.20. The van der Waals surface area contributed by atoms with Crippen LogP contribution in [0.15, 0.2) is 48.5 Å². The highest BCUT2D eigenvalue weighted by Crippen LogP contribution is 2.20. The van der Waals surface area contributed by atoms with Crippen LogP contribution in [0.2, 0.25) is 0 Å². The maximum absolute atomic E-state index is 12.4. The van der Waals surface area contributed by atoms with E-state index in [1.165, 1.54) is 7.11 Å². The summed E-state index contributed by atoms with van der Waals surface area (Å²) in [6.45, 7) is -0.0775. The standard InChI is InChI=1S/C17H18N2O4/c1-22-11-16(20)19-15-9-4-3-8-14(15)17(21)18-12-6-5-7-13(10-12)23-2/h3-10H,11H2,1-2H3,(H,18,21)(H,19,20). The second-order valence-electron chi connectivity index (χ2n) is 4.71. The molecule has 0 spiro atoms. The number of hydrogen-bond donors (Lipinski definition) is 2. The SMILES string of the molecule is COCC(=O)Nc1ccccc1C(=O)Nc1cccc(OC)c1. The Kier molecular flexibility index (Phi) is 5.71. The van der Waals surface area contributed by atoms with E-state index in [0.717, 1.165) is 0 Å². The van der Waals surface area contributed by atoms with Gasteiger partial charge in [0.2, 0.25) is 5.91 Å². The molecule has 23 heavy (non-hydrogen) atoms. The summed E-state index contributed by atoms with van der Waals surface area (Å²) in [5.74, 6) is -0.00909. The molecule has 2 aromatic rings. The van der Waals surface area contributed by atoms with Crippen molar-refractivity contribution in [1.29, 1.82) is 0 Å². The van der Waals surface area contributed by atoms with Gasteiger partial charge in [-0.2, -0.15) is 0 Å². The third-order valence-electron chi connectivity index (χ3n) is 3.05. The Morgan fingerprint density at radius 1 is 1.00 bits per heavy atom. The molecule has 0 aliphatic carbocycles. The van der Waals surface area contributed by atoms with Crippen molar-refractivity contribution in [2.75, 3.05) is 31.5 Å². The molecule has 0 aliphatic rings. The molecule has 0 radical (unpaired) electrons. The summed E-state index contributed by atoms with van der Waals surface area (Å²) in [6.07, 6.45) is 0. The van der Waals surface area contributed by atoms with E-state index in [-0.39, 0.29) is 18.4 Å². The Labute approximate surface area is 134 Å². The van der Waals surface area contributed by atoms with Crippen LogP contribution in [-0.2, 0) is 9.53 Å². The zero-order chi connectivity index (χ0) is 16.7. The summed E-state index contributed by atoms with van der Waals surface area (Å²) < 4.78 is 9.89. The number of amides is 2. The molecule has 2 amide bonds. The van der Waals surface area contributed by atoms with Gasteiger partial charge in [0.15, 0.2) is 0 Å². The fourth-order valence-corrected chi connectivity index (χ4v) is 2.01. The largest absolute Gasteiger partial charge is 0.497 e. The summed E-state index contributed by atoms with van der Waals surface area (Å²) >= 11 is 0. The minimum atomic E-state index is -0.327. The monoisotopic (exact) mass is 314 g/mol. The zero-order valence-corrected chi connectivity index (χ0v) is 13.0. The molecule has 0 fully saturated rings. The smallest absolute Gasteiger partial charge is 0.257 e. The predicted octanol–water partition coefficient (Wildman–Crippen LogP) is 2.53. The topological polar surface area (TPSA) is 76.7 Å². The lowest BCUT2D eigenvalue weighted by molar-refractivity contribution is -0.119. The summed E-state index contributed by atoms with van der Waals surface area (Å²) in [6, 6.07) is 13.8. The first kappa shape index (κ1) is 16.5. The van der Waals surface area contributed by atoms with E-state index in [1.54, 1.807) is 55.6 Å². The van der Waals surface area contributed by atoms with Crippen LogP contribution in [0.5, 0.6) is 5.75 Å². The van der Waals surface area contributed by atoms with Crippen molar-refractivity contribution in [3.8, 4) is 5.75 Å². The Morgan fingerprint density at radius 2 is 1.78 bits per heavy atom. The van der Waals surface area contributed by atoms with E-state index in [9.17, 15) is 9.59 Å². The zero-order valence-electron chi connectivity index (χ0n) is 13.0. The van der Waals surface area contributed by atoms with Gasteiger partial charge in [0, 0.05) is 18.9 Å². The van der Waals surface area contributed by atoms with E-state index in [2.05, 4.69) is 10.6 Å². The van der Waals surface area contributed by atoms with Crippen LogP contribution in [0.3, 0.4) is 0 Å². The third kappa shape index (κ3) is 4.55. The Balaban J connectivity index is 2.17. The molecule has 0 aliphatic heterocycles. The van der Waals surface area contributed by atoms with Crippen LogP contribution in [0.25, 0.3) is 0 Å². The molecule has 120 valence electrons. The fraction of sp³-hybridized carbons (Fsp3) is 0.176. The lowest BCUT2D eigenvalue weighted by Gasteiger charge is -2.11. The Hall–Kier alpha value is -2.86. The molecule has 2 aromatic carbocycles. The second-order valence-corrected chi connectivity index (χ2v) is 4.71. The molecule has 6 nitrogen and oxygen atoms in total. The molecule has 0 aromatic heterocycles. The molecule has 2 rings (SSSR count). The van der Waals surface area contributed by atoms with Gasteiger partial charge in [-0.15, -0.1) is 0 Å². The van der Waals surface area contributed by atoms with Crippen molar-refractivity contribution in [2.24, 2.45) is 0 Å². The van der Waals surface area contributed by atoms with Crippen molar-refractivity contribution in [3.05, 3.63) is 54.1 Å². The molecule has 2 N–H and O–H groups in total. The molecule has 6 heteroatoms. The average molecular weight is 314 g/mol. The van der Waals surface area contributed by atoms with Gasteiger partial charge >= 0.3 is 0 Å². The number of methoxy groups -OCH3 is 2. The Bertz CT molecular complexity index is 700. The summed E-state index contributed by atoms with van der Waals surface area (Å²) in [4.78, 5) is 24.1. The van der Waals surface area contributed by atoms with E-state index in [1.807, 2.05) is 0 Å². The fourth-order valence-electron chi connectivity index (χ4n) is 2.01. The molecule has 0 bridgehead atoms. The summed E-state index contributed by atoms with van der Waals surface area (Å²) in [7, 11) is 2.99. The number of carbonyl (C=O) groups excluding carboxylic acids is 2. The van der Waals surface area contributed by atoms with Crippen LogP contribution >= 0.6 is 0 Å². The van der Waals surface area contributed by atoms with Gasteiger partial charge in [-0.1, -0.05) is 18.2 Å². The molecule has 0 saturated carbocycles. The number of benzene rings is 2. The van der Waals surface area contributed by atoms with Gasteiger partial charge in [-0.3, -0.25) is 9.59 Å². The maximum Gasteiger partial charge on any atom is 0.257 e. The van der Waals surface area contributed by atoms with Crippen LogP contribution in [0, 0.1) is 0 Å². The minimum Gasteiger partial charge on any atom is -0.497 e. The van der Waals surface area contributed by atoms with Crippen molar-refractivity contribution in [1.82, 2.24) is 0 Å². The van der Waals surface area contributed by atoms with Crippen LogP contribution in [-0.4, -0.2) is 32.6 Å². The van der Waals surface area contributed by atoms with Gasteiger partial charge in [-0.05, 0) is 24.3 Å². The summed E-state index contributed by atoms with van der Waals surface area (Å²) in [5, 5.41) is 5.43. The third-order valence-corrected chi connectivity index (χ3v) is 3.05. The first-order valence-electron chi connectivity index (χ1n) is 6.97. The number of nitrogens with one attached hydrogen (secondary N) is 2. The van der Waals surface area contributed by atoms with Crippen molar-refractivity contribution >= 4 is 23.2 Å². The molecular formula is C17H18N2O4. The number of carbonyl (C=O) groups is 2. The second kappa shape index (κ2) is 7.95. The van der Waals surface area contributed by atoms with Crippen molar-refractivity contribution in [2.45, 2.75) is 0 Å². The Morgan fingerprint density at radius 3 is 2.52 bits per heavy atom. The molecule has 0 heterocycles. The van der Waals surface area contributed by atoms with Crippen LogP contribution in [0.1, 0.15) is 10.4 Å².